The highest BCUT2D eigenvalue weighted by Gasteiger charge is 2.33. The van der Waals surface area contributed by atoms with E-state index >= 15 is 0 Å². The highest BCUT2D eigenvalue weighted by atomic mass is 32.2. The molecule has 0 aliphatic carbocycles. The maximum atomic E-state index is 13.0. The predicted molar refractivity (Wildman–Crippen MR) is 84.6 cm³/mol. The standard InChI is InChI=1S/C15H22FN3O3S/c16-12-4-6-14(7-5-12)23(21,22)19-10-2-1-3-13(19)11-18-15(20)8-9-17/h4-7,13H,1-3,8-11,17H2,(H,18,20). The molecule has 0 radical (unpaired) electrons. The normalized spacial score (nSPS) is 19.5. The van der Waals surface area contributed by atoms with Crippen LogP contribution in [0.4, 0.5) is 4.39 Å². The van der Waals surface area contributed by atoms with E-state index in [0.717, 1.165) is 25.0 Å². The van der Waals surface area contributed by atoms with Gasteiger partial charge in [-0.15, -0.1) is 0 Å². The minimum absolute atomic E-state index is 0.0686. The van der Waals surface area contributed by atoms with Gasteiger partial charge in [-0.2, -0.15) is 4.31 Å². The van der Waals surface area contributed by atoms with Gasteiger partial charge in [-0.1, -0.05) is 6.42 Å². The second kappa shape index (κ2) is 7.85. The molecule has 8 heteroatoms. The number of halogens is 1. The monoisotopic (exact) mass is 343 g/mol. The Hall–Kier alpha value is -1.51. The van der Waals surface area contributed by atoms with Crippen LogP contribution in [0.3, 0.4) is 0 Å². The Balaban J connectivity index is 2.13. The number of amides is 1. The number of rotatable bonds is 6. The zero-order valence-electron chi connectivity index (χ0n) is 12.9. The number of hydrogen-bond acceptors (Lipinski definition) is 4. The van der Waals surface area contributed by atoms with Crippen LogP contribution in [0.5, 0.6) is 0 Å². The topological polar surface area (TPSA) is 92.5 Å². The zero-order valence-corrected chi connectivity index (χ0v) is 13.7. The molecule has 1 aromatic rings. The van der Waals surface area contributed by atoms with E-state index in [1.54, 1.807) is 0 Å². The van der Waals surface area contributed by atoms with Crippen molar-refractivity contribution in [3.8, 4) is 0 Å². The van der Waals surface area contributed by atoms with Crippen LogP contribution in [0.2, 0.25) is 0 Å². The highest BCUT2D eigenvalue weighted by Crippen LogP contribution is 2.25. The molecule has 1 atom stereocenters. The molecular formula is C15H22FN3O3S. The van der Waals surface area contributed by atoms with E-state index in [-0.39, 0.29) is 36.4 Å². The predicted octanol–water partition coefficient (Wildman–Crippen LogP) is 0.834. The largest absolute Gasteiger partial charge is 0.354 e. The molecule has 23 heavy (non-hydrogen) atoms. The Morgan fingerprint density at radius 2 is 2.00 bits per heavy atom. The van der Waals surface area contributed by atoms with E-state index in [9.17, 15) is 17.6 Å². The minimum atomic E-state index is -3.70. The average molecular weight is 343 g/mol. The summed E-state index contributed by atoms with van der Waals surface area (Å²) < 4.78 is 39.9. The summed E-state index contributed by atoms with van der Waals surface area (Å²) in [7, 11) is -3.70. The molecule has 1 saturated heterocycles. The molecule has 3 N–H and O–H groups in total. The van der Waals surface area contributed by atoms with Crippen molar-refractivity contribution in [3.05, 3.63) is 30.1 Å². The van der Waals surface area contributed by atoms with Gasteiger partial charge in [0, 0.05) is 32.1 Å². The van der Waals surface area contributed by atoms with Crippen LogP contribution < -0.4 is 11.1 Å². The summed E-state index contributed by atoms with van der Waals surface area (Å²) >= 11 is 0. The molecule has 0 saturated carbocycles. The lowest BCUT2D eigenvalue weighted by molar-refractivity contribution is -0.121. The van der Waals surface area contributed by atoms with Crippen LogP contribution in [-0.2, 0) is 14.8 Å². The summed E-state index contributed by atoms with van der Waals surface area (Å²) in [6, 6.07) is 4.51. The number of nitrogens with zero attached hydrogens (tertiary/aromatic N) is 1. The zero-order chi connectivity index (χ0) is 16.9. The van der Waals surface area contributed by atoms with Crippen molar-refractivity contribution in [1.29, 1.82) is 0 Å². The van der Waals surface area contributed by atoms with Crippen LogP contribution >= 0.6 is 0 Å². The van der Waals surface area contributed by atoms with Gasteiger partial charge in [0.2, 0.25) is 15.9 Å². The van der Waals surface area contributed by atoms with Crippen molar-refractivity contribution in [2.75, 3.05) is 19.6 Å². The van der Waals surface area contributed by atoms with E-state index in [0.29, 0.717) is 13.0 Å². The number of carbonyl (C=O) groups is 1. The molecule has 1 heterocycles. The summed E-state index contributed by atoms with van der Waals surface area (Å²) in [6.45, 7) is 0.921. The Kier molecular flexibility index (Phi) is 6.09. The molecule has 0 bridgehead atoms. The first kappa shape index (κ1) is 17.8. The molecular weight excluding hydrogens is 321 g/mol. The van der Waals surface area contributed by atoms with Crippen molar-refractivity contribution in [3.63, 3.8) is 0 Å². The number of carbonyl (C=O) groups excluding carboxylic acids is 1. The minimum Gasteiger partial charge on any atom is -0.354 e. The van der Waals surface area contributed by atoms with Gasteiger partial charge in [-0.25, -0.2) is 12.8 Å². The lowest BCUT2D eigenvalue weighted by Gasteiger charge is -2.34. The van der Waals surface area contributed by atoms with Crippen LogP contribution in [0.25, 0.3) is 0 Å². The van der Waals surface area contributed by atoms with E-state index in [1.807, 2.05) is 0 Å². The van der Waals surface area contributed by atoms with Gasteiger partial charge >= 0.3 is 0 Å². The first-order valence-electron chi connectivity index (χ1n) is 7.69. The van der Waals surface area contributed by atoms with Gasteiger partial charge in [-0.3, -0.25) is 4.79 Å². The third-order valence-corrected chi connectivity index (χ3v) is 5.87. The fraction of sp³-hybridized carbons (Fsp3) is 0.533. The number of benzene rings is 1. The maximum absolute atomic E-state index is 13.0. The highest BCUT2D eigenvalue weighted by molar-refractivity contribution is 7.89. The summed E-state index contributed by atoms with van der Waals surface area (Å²) in [5, 5.41) is 2.73. The van der Waals surface area contributed by atoms with Crippen molar-refractivity contribution in [2.24, 2.45) is 5.73 Å². The smallest absolute Gasteiger partial charge is 0.243 e. The first-order valence-corrected chi connectivity index (χ1v) is 9.13. The summed E-state index contributed by atoms with van der Waals surface area (Å²) in [4.78, 5) is 11.6. The van der Waals surface area contributed by atoms with Gasteiger partial charge < -0.3 is 11.1 Å². The van der Waals surface area contributed by atoms with E-state index < -0.39 is 15.8 Å². The molecule has 0 aromatic heterocycles. The van der Waals surface area contributed by atoms with Crippen LogP contribution in [0.15, 0.2) is 29.2 Å². The van der Waals surface area contributed by atoms with Crippen LogP contribution in [-0.4, -0.2) is 44.3 Å². The Bertz CT molecular complexity index is 634. The molecule has 1 amide bonds. The third-order valence-electron chi connectivity index (χ3n) is 3.90. The Labute approximate surface area is 135 Å². The lowest BCUT2D eigenvalue weighted by atomic mass is 10.1. The van der Waals surface area contributed by atoms with E-state index in [4.69, 9.17) is 5.73 Å². The van der Waals surface area contributed by atoms with E-state index in [1.165, 1.54) is 16.4 Å². The van der Waals surface area contributed by atoms with Gasteiger partial charge in [0.25, 0.3) is 0 Å². The number of nitrogens with one attached hydrogen (secondary N) is 1. The maximum Gasteiger partial charge on any atom is 0.243 e. The molecule has 1 aromatic carbocycles. The summed E-state index contributed by atoms with van der Waals surface area (Å²) in [5.41, 5.74) is 5.33. The number of piperidine rings is 1. The molecule has 0 spiro atoms. The third kappa shape index (κ3) is 4.49. The van der Waals surface area contributed by atoms with Crippen molar-refractivity contribution < 1.29 is 17.6 Å². The molecule has 1 aliphatic rings. The van der Waals surface area contributed by atoms with Gasteiger partial charge in [0.05, 0.1) is 4.90 Å². The molecule has 1 fully saturated rings. The molecule has 6 nitrogen and oxygen atoms in total. The SMILES string of the molecule is NCCC(=O)NCC1CCCCN1S(=O)(=O)c1ccc(F)cc1. The summed E-state index contributed by atoms with van der Waals surface area (Å²) in [5.74, 6) is -0.662. The molecule has 1 aliphatic heterocycles. The van der Waals surface area contributed by atoms with Gasteiger partial charge in [0.1, 0.15) is 5.82 Å². The molecule has 128 valence electrons. The van der Waals surface area contributed by atoms with Crippen LogP contribution in [0.1, 0.15) is 25.7 Å². The Morgan fingerprint density at radius 3 is 2.65 bits per heavy atom. The lowest BCUT2D eigenvalue weighted by Crippen LogP contribution is -2.49. The fourth-order valence-electron chi connectivity index (χ4n) is 2.69. The number of nitrogens with two attached hydrogens (primary N) is 1. The van der Waals surface area contributed by atoms with E-state index in [2.05, 4.69) is 5.32 Å². The average Bonchev–Trinajstić information content (AvgIpc) is 2.54. The second-order valence-corrected chi connectivity index (χ2v) is 7.45. The first-order chi connectivity index (χ1) is 10.9. The van der Waals surface area contributed by atoms with Crippen molar-refractivity contribution in [1.82, 2.24) is 9.62 Å². The number of sulfonamides is 1. The van der Waals surface area contributed by atoms with Gasteiger partial charge in [0.15, 0.2) is 0 Å². The summed E-state index contributed by atoms with van der Waals surface area (Å²) in [6.07, 6.45) is 2.58. The Morgan fingerprint density at radius 1 is 1.30 bits per heavy atom. The molecule has 1 unspecified atom stereocenters. The fourth-order valence-corrected chi connectivity index (χ4v) is 4.38. The quantitative estimate of drug-likeness (QED) is 0.800. The van der Waals surface area contributed by atoms with Crippen molar-refractivity contribution >= 4 is 15.9 Å². The second-order valence-electron chi connectivity index (χ2n) is 5.56. The van der Waals surface area contributed by atoms with Gasteiger partial charge in [-0.05, 0) is 37.1 Å². The van der Waals surface area contributed by atoms with Crippen LogP contribution in [0, 0.1) is 5.82 Å². The number of hydrogen-bond donors (Lipinski definition) is 2. The molecule has 2 rings (SSSR count). The van der Waals surface area contributed by atoms with Crippen molar-refractivity contribution in [2.45, 2.75) is 36.6 Å².